The molecule has 70 valence electrons. The van der Waals surface area contributed by atoms with Crippen molar-refractivity contribution >= 4 is 5.57 Å². The number of rotatable bonds is 2. The van der Waals surface area contributed by atoms with Gasteiger partial charge in [-0.25, -0.2) is 0 Å². The van der Waals surface area contributed by atoms with Crippen molar-refractivity contribution in [2.45, 2.75) is 6.92 Å². The maximum atomic E-state index is 10.5. The lowest BCUT2D eigenvalue weighted by molar-refractivity contribution is -0.423. The summed E-state index contributed by atoms with van der Waals surface area (Å²) in [4.78, 5) is 9.92. The van der Waals surface area contributed by atoms with E-state index in [1.807, 2.05) is 6.07 Å². The monoisotopic (exact) mass is 188 g/mol. The third-order valence-electron chi connectivity index (χ3n) is 1.81. The summed E-state index contributed by atoms with van der Waals surface area (Å²) in [5.74, 6) is 0. The van der Waals surface area contributed by atoms with Gasteiger partial charge in [0.25, 0.3) is 5.70 Å². The van der Waals surface area contributed by atoms with Crippen molar-refractivity contribution in [3.8, 4) is 6.07 Å². The molecule has 4 heteroatoms. The van der Waals surface area contributed by atoms with Gasteiger partial charge in [-0.3, -0.25) is 10.1 Å². The van der Waals surface area contributed by atoms with Crippen molar-refractivity contribution in [3.63, 3.8) is 0 Å². The van der Waals surface area contributed by atoms with E-state index < -0.39 is 4.92 Å². The molecule has 0 fully saturated rings. The quantitative estimate of drug-likeness (QED) is 0.406. The van der Waals surface area contributed by atoms with Crippen LogP contribution in [-0.4, -0.2) is 4.92 Å². The van der Waals surface area contributed by atoms with Gasteiger partial charge in [-0.15, -0.1) is 0 Å². The summed E-state index contributed by atoms with van der Waals surface area (Å²) in [6.45, 7) is 1.32. The van der Waals surface area contributed by atoms with Gasteiger partial charge in [0, 0.05) is 6.92 Å². The number of hydrogen-bond acceptors (Lipinski definition) is 3. The Labute approximate surface area is 81.2 Å². The SMILES string of the molecule is CC(=C(C#N)c1ccccc1)[N+](=O)[O-]. The Hall–Kier alpha value is -2.15. The maximum Gasteiger partial charge on any atom is 0.261 e. The normalized spacial score (nSPS) is 11.4. The number of benzene rings is 1. The van der Waals surface area contributed by atoms with Crippen LogP contribution < -0.4 is 0 Å². The summed E-state index contributed by atoms with van der Waals surface area (Å²) in [6, 6.07) is 10.4. The molecule has 0 spiro atoms. The minimum atomic E-state index is -0.550. The summed E-state index contributed by atoms with van der Waals surface area (Å²) >= 11 is 0. The minimum absolute atomic E-state index is 0.107. The molecule has 0 saturated heterocycles. The lowest BCUT2D eigenvalue weighted by Gasteiger charge is -1.97. The van der Waals surface area contributed by atoms with Crippen molar-refractivity contribution in [1.82, 2.24) is 0 Å². The van der Waals surface area contributed by atoms with Gasteiger partial charge in [-0.05, 0) is 5.56 Å². The third-order valence-corrected chi connectivity index (χ3v) is 1.81. The molecular formula is C10H8N2O2. The molecule has 0 saturated carbocycles. The molecule has 1 aromatic carbocycles. The first kappa shape index (κ1) is 9.93. The molecule has 0 atom stereocenters. The second-order valence-corrected chi connectivity index (χ2v) is 2.70. The molecule has 0 N–H and O–H groups in total. The molecule has 0 aliphatic carbocycles. The molecule has 0 aromatic heterocycles. The van der Waals surface area contributed by atoms with Crippen LogP contribution in [0.15, 0.2) is 36.0 Å². The number of hydrogen-bond donors (Lipinski definition) is 0. The first-order valence-corrected chi connectivity index (χ1v) is 3.97. The lowest BCUT2D eigenvalue weighted by Crippen LogP contribution is -1.97. The first-order chi connectivity index (χ1) is 6.66. The molecule has 0 aliphatic heterocycles. The molecule has 0 amide bonds. The summed E-state index contributed by atoms with van der Waals surface area (Å²) in [7, 11) is 0. The van der Waals surface area contributed by atoms with Crippen molar-refractivity contribution in [2.75, 3.05) is 0 Å². The molecule has 0 aliphatic rings. The molecular weight excluding hydrogens is 180 g/mol. The van der Waals surface area contributed by atoms with E-state index in [1.165, 1.54) is 6.92 Å². The highest BCUT2D eigenvalue weighted by atomic mass is 16.6. The van der Waals surface area contributed by atoms with Gasteiger partial charge in [0.2, 0.25) is 0 Å². The molecule has 0 radical (unpaired) electrons. The first-order valence-electron chi connectivity index (χ1n) is 3.97. The van der Waals surface area contributed by atoms with Crippen LogP contribution in [0.25, 0.3) is 5.57 Å². The number of nitrogens with zero attached hydrogens (tertiary/aromatic N) is 2. The van der Waals surface area contributed by atoms with E-state index in [2.05, 4.69) is 0 Å². The lowest BCUT2D eigenvalue weighted by atomic mass is 10.1. The molecule has 1 rings (SSSR count). The Bertz CT molecular complexity index is 415. The molecule has 0 bridgehead atoms. The Morgan fingerprint density at radius 1 is 1.43 bits per heavy atom. The Kier molecular flexibility index (Phi) is 2.97. The van der Waals surface area contributed by atoms with Gasteiger partial charge in [0.15, 0.2) is 0 Å². The van der Waals surface area contributed by atoms with E-state index in [0.29, 0.717) is 5.56 Å². The zero-order chi connectivity index (χ0) is 10.6. The van der Waals surface area contributed by atoms with Gasteiger partial charge in [-0.2, -0.15) is 5.26 Å². The van der Waals surface area contributed by atoms with Crippen LogP contribution in [0.4, 0.5) is 0 Å². The summed E-state index contributed by atoms with van der Waals surface area (Å²) in [5, 5.41) is 19.3. The van der Waals surface area contributed by atoms with Crippen LogP contribution in [0.5, 0.6) is 0 Å². The van der Waals surface area contributed by atoms with E-state index >= 15 is 0 Å². The fraction of sp³-hybridized carbons (Fsp3) is 0.100. The molecule has 14 heavy (non-hydrogen) atoms. The fourth-order valence-electron chi connectivity index (χ4n) is 1.05. The van der Waals surface area contributed by atoms with Crippen molar-refractivity contribution in [2.24, 2.45) is 0 Å². The molecule has 4 nitrogen and oxygen atoms in total. The van der Waals surface area contributed by atoms with Crippen LogP contribution in [0.2, 0.25) is 0 Å². The van der Waals surface area contributed by atoms with E-state index in [4.69, 9.17) is 5.26 Å². The van der Waals surface area contributed by atoms with Crippen molar-refractivity contribution < 1.29 is 4.92 Å². The predicted molar refractivity (Wildman–Crippen MR) is 51.6 cm³/mol. The summed E-state index contributed by atoms with van der Waals surface area (Å²) in [5.41, 5.74) is 0.554. The molecule has 0 heterocycles. The van der Waals surface area contributed by atoms with E-state index in [9.17, 15) is 10.1 Å². The van der Waals surface area contributed by atoms with Crippen molar-refractivity contribution in [1.29, 1.82) is 5.26 Å². The Morgan fingerprint density at radius 3 is 2.43 bits per heavy atom. The Morgan fingerprint density at radius 2 is 2.00 bits per heavy atom. The average Bonchev–Trinajstić information content (AvgIpc) is 2.20. The van der Waals surface area contributed by atoms with Crippen LogP contribution >= 0.6 is 0 Å². The highest BCUT2D eigenvalue weighted by molar-refractivity contribution is 5.77. The van der Waals surface area contributed by atoms with Gasteiger partial charge in [0.05, 0.1) is 4.92 Å². The van der Waals surface area contributed by atoms with Crippen molar-refractivity contribution in [3.05, 3.63) is 51.7 Å². The average molecular weight is 188 g/mol. The zero-order valence-electron chi connectivity index (χ0n) is 7.60. The minimum Gasteiger partial charge on any atom is -0.259 e. The highest BCUT2D eigenvalue weighted by Gasteiger charge is 2.13. The number of nitriles is 1. The number of nitro groups is 1. The van der Waals surface area contributed by atoms with Gasteiger partial charge in [0.1, 0.15) is 11.6 Å². The molecule has 1 aromatic rings. The van der Waals surface area contributed by atoms with Crippen LogP contribution in [0.1, 0.15) is 12.5 Å². The number of allylic oxidation sites excluding steroid dienone is 2. The van der Waals surface area contributed by atoms with Crippen LogP contribution in [0, 0.1) is 21.4 Å². The second-order valence-electron chi connectivity index (χ2n) is 2.70. The predicted octanol–water partition coefficient (Wildman–Crippen LogP) is 2.22. The van der Waals surface area contributed by atoms with Gasteiger partial charge < -0.3 is 0 Å². The van der Waals surface area contributed by atoms with E-state index in [0.717, 1.165) is 0 Å². The highest BCUT2D eigenvalue weighted by Crippen LogP contribution is 2.17. The molecule has 0 unspecified atom stereocenters. The maximum absolute atomic E-state index is 10.5. The second kappa shape index (κ2) is 4.19. The smallest absolute Gasteiger partial charge is 0.259 e. The van der Waals surface area contributed by atoms with E-state index in [1.54, 1.807) is 30.3 Å². The topological polar surface area (TPSA) is 66.9 Å². The largest absolute Gasteiger partial charge is 0.261 e. The zero-order valence-corrected chi connectivity index (χ0v) is 7.60. The third kappa shape index (κ3) is 1.96. The van der Waals surface area contributed by atoms with Crippen LogP contribution in [-0.2, 0) is 0 Å². The van der Waals surface area contributed by atoms with Crippen LogP contribution in [0.3, 0.4) is 0 Å². The fourth-order valence-corrected chi connectivity index (χ4v) is 1.05. The van der Waals surface area contributed by atoms with Gasteiger partial charge >= 0.3 is 0 Å². The standard InChI is InChI=1S/C10H8N2O2/c1-8(12(13)14)10(7-11)9-5-3-2-4-6-9/h2-6H,1H3. The van der Waals surface area contributed by atoms with Gasteiger partial charge in [-0.1, -0.05) is 30.3 Å². The summed E-state index contributed by atoms with van der Waals surface area (Å²) < 4.78 is 0. The van der Waals surface area contributed by atoms with E-state index in [-0.39, 0.29) is 11.3 Å². The Balaban J connectivity index is 3.26. The summed E-state index contributed by atoms with van der Waals surface area (Å²) in [6.07, 6.45) is 0.